The van der Waals surface area contributed by atoms with E-state index in [1.165, 1.54) is 11.8 Å². The summed E-state index contributed by atoms with van der Waals surface area (Å²) in [5.74, 6) is -0.374. The first-order chi connectivity index (χ1) is 13.6. The number of carbonyl (C=O) groups excluding carboxylic acids is 2. The van der Waals surface area contributed by atoms with Crippen LogP contribution in [0.3, 0.4) is 0 Å². The average Bonchev–Trinajstić information content (AvgIpc) is 3.44. The summed E-state index contributed by atoms with van der Waals surface area (Å²) in [6.45, 7) is 4.66. The van der Waals surface area contributed by atoms with Crippen LogP contribution in [-0.4, -0.2) is 43.0 Å². The molecule has 0 spiro atoms. The van der Waals surface area contributed by atoms with Gasteiger partial charge in [0.1, 0.15) is 5.52 Å². The van der Waals surface area contributed by atoms with E-state index in [-0.39, 0.29) is 11.9 Å². The third-order valence-corrected chi connectivity index (χ3v) is 5.55. The fraction of sp³-hybridized carbons (Fsp3) is 0.421. The molecule has 4 rings (SSSR count). The zero-order valence-electron chi connectivity index (χ0n) is 15.8. The zero-order valence-corrected chi connectivity index (χ0v) is 16.6. The fourth-order valence-corrected chi connectivity index (χ4v) is 3.77. The van der Waals surface area contributed by atoms with Crippen molar-refractivity contribution in [1.82, 2.24) is 30.4 Å². The van der Waals surface area contributed by atoms with Crippen LogP contribution in [0.1, 0.15) is 33.1 Å². The quantitative estimate of drug-likeness (QED) is 0.619. The van der Waals surface area contributed by atoms with Crippen LogP contribution < -0.4 is 10.6 Å². The van der Waals surface area contributed by atoms with Gasteiger partial charge in [-0.25, -0.2) is 9.78 Å². The fourth-order valence-electron chi connectivity index (χ4n) is 3.06. The highest BCUT2D eigenvalue weighted by Crippen LogP contribution is 2.28. The number of aromatic nitrogens is 4. The van der Waals surface area contributed by atoms with Crippen molar-refractivity contribution in [3.8, 4) is 0 Å². The van der Waals surface area contributed by atoms with Gasteiger partial charge in [0.15, 0.2) is 5.65 Å². The summed E-state index contributed by atoms with van der Waals surface area (Å²) >= 11 is 1.19. The molecule has 3 amide bonds. The van der Waals surface area contributed by atoms with Gasteiger partial charge in [0.05, 0.1) is 10.8 Å². The van der Waals surface area contributed by atoms with Crippen molar-refractivity contribution in [2.45, 2.75) is 56.1 Å². The van der Waals surface area contributed by atoms with E-state index in [9.17, 15) is 9.59 Å². The molecular formula is C19H22N6O2S. The molecule has 1 aliphatic carbocycles. The number of fused-ring (bicyclic) bond motifs is 3. The van der Waals surface area contributed by atoms with Crippen molar-refractivity contribution in [2.24, 2.45) is 0 Å². The van der Waals surface area contributed by atoms with Gasteiger partial charge in [0.25, 0.3) is 0 Å². The number of nitrogens with zero attached hydrogens (tertiary/aromatic N) is 4. The predicted octanol–water partition coefficient (Wildman–Crippen LogP) is 2.86. The summed E-state index contributed by atoms with van der Waals surface area (Å²) in [5, 5.41) is 14.6. The maximum Gasteiger partial charge on any atom is 0.321 e. The van der Waals surface area contributed by atoms with Gasteiger partial charge in [-0.15, -0.1) is 10.2 Å². The Hall–Kier alpha value is -2.68. The van der Waals surface area contributed by atoms with Crippen molar-refractivity contribution >= 4 is 45.8 Å². The predicted molar refractivity (Wildman–Crippen MR) is 108 cm³/mol. The minimum atomic E-state index is -0.520. The molecule has 0 saturated heterocycles. The molecule has 1 aromatic carbocycles. The molecule has 1 aliphatic rings. The van der Waals surface area contributed by atoms with Crippen molar-refractivity contribution in [3.05, 3.63) is 24.3 Å². The lowest BCUT2D eigenvalue weighted by molar-refractivity contribution is -0.119. The molecule has 28 heavy (non-hydrogen) atoms. The second-order valence-corrected chi connectivity index (χ2v) is 8.24. The molecule has 2 heterocycles. The Bertz CT molecular complexity index is 1050. The molecule has 2 aromatic heterocycles. The van der Waals surface area contributed by atoms with Crippen LogP contribution in [0.5, 0.6) is 0 Å². The van der Waals surface area contributed by atoms with Crippen LogP contribution in [0.15, 0.2) is 29.4 Å². The summed E-state index contributed by atoms with van der Waals surface area (Å²) in [7, 11) is 0. The molecule has 3 aromatic rings. The minimum absolute atomic E-state index is 0.200. The van der Waals surface area contributed by atoms with E-state index >= 15 is 0 Å². The maximum atomic E-state index is 12.3. The summed E-state index contributed by atoms with van der Waals surface area (Å²) in [5.41, 5.74) is 2.60. The van der Waals surface area contributed by atoms with E-state index in [4.69, 9.17) is 0 Å². The highest BCUT2D eigenvalue weighted by molar-refractivity contribution is 8.00. The molecule has 9 heteroatoms. The monoisotopic (exact) mass is 398 g/mol. The Balaban J connectivity index is 1.55. The standard InChI is InChI=1S/C19H22N6O2S/c1-3-10-25-14-7-5-4-6-13(14)15-16(25)21-19(24-23-15)28-11(2)17(26)22-18(27)20-12-8-9-12/h4-7,11-12H,3,8-10H2,1-2H3,(H2,20,22,26,27). The minimum Gasteiger partial charge on any atom is -0.335 e. The van der Waals surface area contributed by atoms with Gasteiger partial charge < -0.3 is 9.88 Å². The molecule has 1 fully saturated rings. The molecule has 8 nitrogen and oxygen atoms in total. The molecule has 1 saturated carbocycles. The molecular weight excluding hydrogens is 376 g/mol. The van der Waals surface area contributed by atoms with Crippen molar-refractivity contribution in [1.29, 1.82) is 0 Å². The summed E-state index contributed by atoms with van der Waals surface area (Å²) in [4.78, 5) is 28.7. The van der Waals surface area contributed by atoms with Gasteiger partial charge in [-0.05, 0) is 32.3 Å². The third-order valence-electron chi connectivity index (χ3n) is 4.60. The van der Waals surface area contributed by atoms with Gasteiger partial charge in [-0.3, -0.25) is 10.1 Å². The highest BCUT2D eigenvalue weighted by atomic mass is 32.2. The molecule has 1 atom stereocenters. The third kappa shape index (κ3) is 3.80. The number of aryl methyl sites for hydroxylation is 1. The van der Waals surface area contributed by atoms with Gasteiger partial charge >= 0.3 is 6.03 Å². The number of amides is 3. The second-order valence-electron chi connectivity index (χ2n) is 6.93. The molecule has 2 N–H and O–H groups in total. The van der Waals surface area contributed by atoms with Crippen molar-refractivity contribution < 1.29 is 9.59 Å². The van der Waals surface area contributed by atoms with E-state index in [2.05, 4.69) is 43.4 Å². The van der Waals surface area contributed by atoms with E-state index in [0.717, 1.165) is 47.9 Å². The number of hydrogen-bond acceptors (Lipinski definition) is 6. The van der Waals surface area contributed by atoms with E-state index in [1.807, 2.05) is 18.2 Å². The number of thioether (sulfide) groups is 1. The summed E-state index contributed by atoms with van der Waals surface area (Å²) in [6.07, 6.45) is 2.91. The first kappa shape index (κ1) is 18.7. The Kier molecular flexibility index (Phi) is 5.17. The zero-order chi connectivity index (χ0) is 19.7. The Morgan fingerprint density at radius 2 is 2.07 bits per heavy atom. The largest absolute Gasteiger partial charge is 0.335 e. The number of hydrogen-bond donors (Lipinski definition) is 2. The smallest absolute Gasteiger partial charge is 0.321 e. The first-order valence-corrected chi connectivity index (χ1v) is 10.3. The lowest BCUT2D eigenvalue weighted by atomic mass is 10.2. The molecule has 146 valence electrons. The lowest BCUT2D eigenvalue weighted by Crippen LogP contribution is -2.43. The van der Waals surface area contributed by atoms with Gasteiger partial charge in [0.2, 0.25) is 11.1 Å². The van der Waals surface area contributed by atoms with Crippen LogP contribution in [0.25, 0.3) is 22.1 Å². The maximum absolute atomic E-state index is 12.3. The van der Waals surface area contributed by atoms with Gasteiger partial charge in [-0.2, -0.15) is 0 Å². The average molecular weight is 398 g/mol. The van der Waals surface area contributed by atoms with Crippen LogP contribution in [0.2, 0.25) is 0 Å². The number of benzene rings is 1. The van der Waals surface area contributed by atoms with E-state index in [1.54, 1.807) is 6.92 Å². The molecule has 0 radical (unpaired) electrons. The van der Waals surface area contributed by atoms with Crippen LogP contribution in [-0.2, 0) is 11.3 Å². The first-order valence-electron chi connectivity index (χ1n) is 9.46. The Morgan fingerprint density at radius 1 is 1.29 bits per heavy atom. The van der Waals surface area contributed by atoms with Crippen LogP contribution in [0.4, 0.5) is 4.79 Å². The number of rotatable bonds is 6. The van der Waals surface area contributed by atoms with Crippen LogP contribution >= 0.6 is 11.8 Å². The van der Waals surface area contributed by atoms with Crippen molar-refractivity contribution in [2.75, 3.05) is 0 Å². The number of imide groups is 1. The highest BCUT2D eigenvalue weighted by Gasteiger charge is 2.25. The van der Waals surface area contributed by atoms with Crippen molar-refractivity contribution in [3.63, 3.8) is 0 Å². The van der Waals surface area contributed by atoms with Crippen LogP contribution in [0, 0.1) is 0 Å². The number of urea groups is 1. The van der Waals surface area contributed by atoms with Gasteiger partial charge in [0, 0.05) is 18.0 Å². The topological polar surface area (TPSA) is 102 Å². The second kappa shape index (κ2) is 7.75. The number of carbonyl (C=O) groups is 2. The number of nitrogens with one attached hydrogen (secondary N) is 2. The van der Waals surface area contributed by atoms with E-state index < -0.39 is 11.3 Å². The SMILES string of the molecule is CCCn1c2ccccc2c2nnc(SC(C)C(=O)NC(=O)NC3CC3)nc21. The Labute approximate surface area is 166 Å². The Morgan fingerprint density at radius 3 is 2.82 bits per heavy atom. The summed E-state index contributed by atoms with van der Waals surface area (Å²) < 4.78 is 2.14. The summed E-state index contributed by atoms with van der Waals surface area (Å²) in [6, 6.07) is 7.79. The van der Waals surface area contributed by atoms with E-state index in [0.29, 0.717) is 5.16 Å². The normalized spacial score (nSPS) is 14.9. The number of para-hydroxylation sites is 1. The molecule has 0 aliphatic heterocycles. The lowest BCUT2D eigenvalue weighted by Gasteiger charge is -2.10. The molecule has 1 unspecified atom stereocenters. The van der Waals surface area contributed by atoms with Gasteiger partial charge in [-0.1, -0.05) is 36.9 Å². The molecule has 0 bridgehead atoms.